The van der Waals surface area contributed by atoms with E-state index in [1.165, 1.54) is 12.4 Å². The van der Waals surface area contributed by atoms with Crippen molar-refractivity contribution in [2.45, 2.75) is 33.2 Å². The van der Waals surface area contributed by atoms with Crippen LogP contribution in [-0.4, -0.2) is 39.7 Å². The van der Waals surface area contributed by atoms with E-state index >= 15 is 0 Å². The number of rotatable bonds is 3. The Morgan fingerprint density at radius 1 is 1.44 bits per heavy atom. The van der Waals surface area contributed by atoms with E-state index in [1.54, 1.807) is 4.68 Å². The van der Waals surface area contributed by atoms with E-state index in [0.29, 0.717) is 5.92 Å². The Morgan fingerprint density at radius 3 is 2.56 bits per heavy atom. The molecule has 2 heterocycles. The highest BCUT2D eigenvalue weighted by Gasteiger charge is 2.18. The van der Waals surface area contributed by atoms with Gasteiger partial charge in [-0.25, -0.2) is 0 Å². The number of aromatic nitrogens is 2. The Kier molecular flexibility index (Phi) is 5.77. The van der Waals surface area contributed by atoms with Crippen molar-refractivity contribution in [1.29, 1.82) is 0 Å². The number of hydrogen-bond donors (Lipinski definition) is 0. The molecule has 0 amide bonds. The van der Waals surface area contributed by atoms with Gasteiger partial charge in [0, 0.05) is 6.54 Å². The summed E-state index contributed by atoms with van der Waals surface area (Å²) in [6, 6.07) is 0. The van der Waals surface area contributed by atoms with Crippen molar-refractivity contribution in [1.82, 2.24) is 14.7 Å². The van der Waals surface area contributed by atoms with E-state index in [4.69, 9.17) is 0 Å². The summed E-state index contributed by atoms with van der Waals surface area (Å²) in [4.78, 5) is 12.4. The molecule has 1 fully saturated rings. The zero-order chi connectivity index (χ0) is 13.5. The van der Waals surface area contributed by atoms with E-state index in [0.717, 1.165) is 32.5 Å². The molecule has 1 aromatic rings. The molecule has 0 spiro atoms. The van der Waals surface area contributed by atoms with Gasteiger partial charge in [-0.3, -0.25) is 14.8 Å². The van der Waals surface area contributed by atoms with Gasteiger partial charge in [0.2, 0.25) is 0 Å². The second kappa shape index (κ2) is 7.10. The average Bonchev–Trinajstić information content (AvgIpc) is 2.83. The van der Waals surface area contributed by atoms with Crippen molar-refractivity contribution >= 4 is 5.69 Å². The normalized spacial score (nSPS) is 17.1. The van der Waals surface area contributed by atoms with Crippen LogP contribution in [0.1, 0.15) is 26.7 Å². The predicted octanol–water partition coefficient (Wildman–Crippen LogP) is 2.16. The van der Waals surface area contributed by atoms with Gasteiger partial charge in [-0.2, -0.15) is 5.10 Å². The first-order chi connectivity index (χ1) is 8.65. The average molecular weight is 254 g/mol. The van der Waals surface area contributed by atoms with Crippen LogP contribution < -0.4 is 0 Å². The lowest BCUT2D eigenvalue weighted by molar-refractivity contribution is -0.385. The minimum absolute atomic E-state index is 0.0768. The Morgan fingerprint density at radius 2 is 2.06 bits per heavy atom. The Labute approximate surface area is 108 Å². The van der Waals surface area contributed by atoms with Gasteiger partial charge in [0.05, 0.1) is 4.92 Å². The molecule has 0 N–H and O–H groups in total. The molecule has 0 aromatic carbocycles. The van der Waals surface area contributed by atoms with E-state index < -0.39 is 4.92 Å². The van der Waals surface area contributed by atoms with Crippen LogP contribution in [0.5, 0.6) is 0 Å². The van der Waals surface area contributed by atoms with Crippen molar-refractivity contribution in [3.05, 3.63) is 22.5 Å². The maximum absolute atomic E-state index is 10.5. The molecule has 0 aliphatic carbocycles. The van der Waals surface area contributed by atoms with E-state index in [2.05, 4.69) is 17.0 Å². The highest BCUT2D eigenvalue weighted by atomic mass is 16.6. The zero-order valence-corrected chi connectivity index (χ0v) is 11.4. The molecule has 6 heteroatoms. The molecule has 1 aliphatic rings. The van der Waals surface area contributed by atoms with Crippen LogP contribution in [0.15, 0.2) is 12.4 Å². The van der Waals surface area contributed by atoms with Crippen LogP contribution in [0.3, 0.4) is 0 Å². The minimum Gasteiger partial charge on any atom is -0.306 e. The van der Waals surface area contributed by atoms with Gasteiger partial charge in [0.1, 0.15) is 12.4 Å². The van der Waals surface area contributed by atoms with Gasteiger partial charge in [-0.15, -0.1) is 0 Å². The van der Waals surface area contributed by atoms with Crippen LogP contribution in [0.4, 0.5) is 5.69 Å². The van der Waals surface area contributed by atoms with Gasteiger partial charge >= 0.3 is 5.69 Å². The van der Waals surface area contributed by atoms with E-state index in [9.17, 15) is 10.1 Å². The summed E-state index contributed by atoms with van der Waals surface area (Å²) in [6.07, 6.45) is 5.11. The predicted molar refractivity (Wildman–Crippen MR) is 70.5 cm³/mol. The highest BCUT2D eigenvalue weighted by Crippen LogP contribution is 2.18. The summed E-state index contributed by atoms with van der Waals surface area (Å²) < 4.78 is 1.69. The summed E-state index contributed by atoms with van der Waals surface area (Å²) >= 11 is 0. The lowest BCUT2D eigenvalue weighted by Crippen LogP contribution is -2.31. The molecule has 1 aliphatic heterocycles. The fraction of sp³-hybridized carbons (Fsp3) is 0.750. The standard InChI is InChI=1S/C10H16N4O2.C2H6/c1-12-4-2-9(3-5-12)7-13-8-10(6-11-13)14(15)16;1-2/h6,8-9H,2-5,7H2,1H3;1-2H3. The van der Waals surface area contributed by atoms with Gasteiger partial charge in [0.15, 0.2) is 0 Å². The maximum atomic E-state index is 10.5. The number of piperidine rings is 1. The third-order valence-corrected chi connectivity index (χ3v) is 3.11. The Balaban J connectivity index is 0.000000771. The lowest BCUT2D eigenvalue weighted by atomic mass is 9.97. The molecule has 6 nitrogen and oxygen atoms in total. The van der Waals surface area contributed by atoms with Crippen molar-refractivity contribution in [3.63, 3.8) is 0 Å². The lowest BCUT2D eigenvalue weighted by Gasteiger charge is -2.28. The molecule has 2 rings (SSSR count). The third-order valence-electron chi connectivity index (χ3n) is 3.11. The molecule has 0 bridgehead atoms. The third kappa shape index (κ3) is 4.10. The first-order valence-corrected chi connectivity index (χ1v) is 6.50. The van der Waals surface area contributed by atoms with Gasteiger partial charge in [-0.05, 0) is 38.9 Å². The first-order valence-electron chi connectivity index (χ1n) is 6.50. The SMILES string of the molecule is CC.CN1CCC(Cn2cc([N+](=O)[O-])cn2)CC1. The molecule has 18 heavy (non-hydrogen) atoms. The topological polar surface area (TPSA) is 64.2 Å². The molecule has 1 aromatic heterocycles. The minimum atomic E-state index is -0.405. The Bertz CT molecular complexity index is 370. The zero-order valence-electron chi connectivity index (χ0n) is 11.4. The van der Waals surface area contributed by atoms with E-state index in [1.807, 2.05) is 13.8 Å². The molecular weight excluding hydrogens is 232 g/mol. The quantitative estimate of drug-likeness (QED) is 0.612. The number of hydrogen-bond acceptors (Lipinski definition) is 4. The summed E-state index contributed by atoms with van der Waals surface area (Å²) in [5.41, 5.74) is 0.0768. The molecule has 0 atom stereocenters. The van der Waals surface area contributed by atoms with Gasteiger partial charge < -0.3 is 4.90 Å². The number of likely N-dealkylation sites (tertiary alicyclic amines) is 1. The van der Waals surface area contributed by atoms with Crippen molar-refractivity contribution in [2.24, 2.45) is 5.92 Å². The summed E-state index contributed by atoms with van der Waals surface area (Å²) in [7, 11) is 2.12. The fourth-order valence-electron chi connectivity index (χ4n) is 2.06. The highest BCUT2D eigenvalue weighted by molar-refractivity contribution is 5.20. The fourth-order valence-corrected chi connectivity index (χ4v) is 2.06. The van der Waals surface area contributed by atoms with Crippen molar-refractivity contribution < 1.29 is 4.92 Å². The molecule has 0 saturated carbocycles. The first kappa shape index (κ1) is 14.6. The van der Waals surface area contributed by atoms with Gasteiger partial charge in [-0.1, -0.05) is 13.8 Å². The summed E-state index contributed by atoms with van der Waals surface area (Å²) in [6.45, 7) is 7.00. The van der Waals surface area contributed by atoms with Crippen LogP contribution in [0, 0.1) is 16.0 Å². The van der Waals surface area contributed by atoms with E-state index in [-0.39, 0.29) is 5.69 Å². The summed E-state index contributed by atoms with van der Waals surface area (Å²) in [5, 5.41) is 14.5. The molecule has 0 radical (unpaired) electrons. The van der Waals surface area contributed by atoms with Crippen LogP contribution in [-0.2, 0) is 6.54 Å². The van der Waals surface area contributed by atoms with Crippen molar-refractivity contribution in [2.75, 3.05) is 20.1 Å². The Hall–Kier alpha value is -1.43. The number of nitro groups is 1. The van der Waals surface area contributed by atoms with Crippen LogP contribution in [0.2, 0.25) is 0 Å². The number of nitrogens with zero attached hydrogens (tertiary/aromatic N) is 4. The monoisotopic (exact) mass is 254 g/mol. The maximum Gasteiger partial charge on any atom is 0.306 e. The molecular formula is C12H22N4O2. The molecule has 0 unspecified atom stereocenters. The summed E-state index contributed by atoms with van der Waals surface area (Å²) in [5.74, 6) is 0.593. The second-order valence-corrected chi connectivity index (χ2v) is 4.42. The van der Waals surface area contributed by atoms with Crippen LogP contribution >= 0.6 is 0 Å². The van der Waals surface area contributed by atoms with Crippen LogP contribution in [0.25, 0.3) is 0 Å². The molecule has 102 valence electrons. The smallest absolute Gasteiger partial charge is 0.306 e. The molecule has 1 saturated heterocycles. The van der Waals surface area contributed by atoms with Gasteiger partial charge in [0.25, 0.3) is 0 Å². The van der Waals surface area contributed by atoms with Crippen molar-refractivity contribution in [3.8, 4) is 0 Å². The largest absolute Gasteiger partial charge is 0.306 e. The second-order valence-electron chi connectivity index (χ2n) is 4.42.